The maximum Gasteiger partial charge on any atom is 0.309 e. The fourth-order valence-electron chi connectivity index (χ4n) is 12.5. The summed E-state index contributed by atoms with van der Waals surface area (Å²) >= 11 is 0. The number of carbonyl (C=O) groups excluding carboxylic acids is 1. The number of aromatic nitrogens is 6. The summed E-state index contributed by atoms with van der Waals surface area (Å²) in [4.78, 5) is 20.8. The Bertz CT molecular complexity index is 2260. The third-order valence-electron chi connectivity index (χ3n) is 17.1. The zero-order valence-corrected chi connectivity index (χ0v) is 48.3. The SMILES string of the molecule is CC[C@H]1OC(=O)[C@H](C)[C@@H](C2C[C@@](C)(OC)[C@@H](O)[C@H](C)O2)[C@H](C)[C@@H](O[C@@H]2O[C@H](C)C[C@H](N(C)CCc3cn(CCCCc4ccc(-n5cc(CN(C)C)nn5)cc4)nn3)[C@H]2O)[C@](C)(O)C[C@@H](C)CN(C)[C@H](C)[C@@H](O)[C@]1(C)O. The van der Waals surface area contributed by atoms with E-state index in [0.717, 1.165) is 49.4 Å². The third-order valence-corrected chi connectivity index (χ3v) is 17.1. The summed E-state index contributed by atoms with van der Waals surface area (Å²) in [6.07, 6.45) is 0.213. The van der Waals surface area contributed by atoms with E-state index in [2.05, 4.69) is 54.7 Å². The van der Waals surface area contributed by atoms with Crippen molar-refractivity contribution in [3.63, 3.8) is 0 Å². The van der Waals surface area contributed by atoms with Crippen LogP contribution in [0.4, 0.5) is 0 Å². The standard InChI is InChI=1S/C56H95N9O11/c1-16-46-56(10,71)49(67)38(6)63(14)30-34(2)28-54(8,70)51(36(4)47(37(5)52(69)75-46)45-29-55(9,72-15)50(68)39(7)74-45)76-53-48(66)44(27-35(3)73-53)62(13)26-24-41-32-64(59-57-41)25-18-17-19-40-20-22-43(23-21-40)65-33-42(58-60-65)31-61(11)12/h20-23,32-39,44-51,53,66-68,70-71H,16-19,24-31H2,1-15H3/t34-,35-,36+,37-,38-,39+,44+,45?,46-,47+,48-,49-,50+,51-,53+,54-,55-,56-/m1/s1. The molecular formula is C56H95N9O11. The fraction of sp³-hybridized carbons (Fsp3) is 0.804. The van der Waals surface area contributed by atoms with Crippen molar-refractivity contribution in [1.29, 1.82) is 0 Å². The molecule has 0 amide bonds. The smallest absolute Gasteiger partial charge is 0.309 e. The van der Waals surface area contributed by atoms with Gasteiger partial charge in [0.1, 0.15) is 30.0 Å². The molecular weight excluding hydrogens is 975 g/mol. The van der Waals surface area contributed by atoms with E-state index >= 15 is 0 Å². The van der Waals surface area contributed by atoms with Gasteiger partial charge in [-0.3, -0.25) is 9.48 Å². The molecule has 1 aromatic carbocycles. The Morgan fingerprint density at radius 2 is 1.55 bits per heavy atom. The van der Waals surface area contributed by atoms with Gasteiger partial charge in [-0.2, -0.15) is 0 Å². The van der Waals surface area contributed by atoms with Gasteiger partial charge in [0.05, 0.1) is 64.8 Å². The molecule has 430 valence electrons. The molecule has 0 aliphatic carbocycles. The van der Waals surface area contributed by atoms with E-state index in [1.165, 1.54) is 12.5 Å². The van der Waals surface area contributed by atoms with Crippen LogP contribution in [0, 0.1) is 23.7 Å². The van der Waals surface area contributed by atoms with Gasteiger partial charge in [0.2, 0.25) is 0 Å². The van der Waals surface area contributed by atoms with Crippen molar-refractivity contribution >= 4 is 5.97 Å². The lowest BCUT2D eigenvalue weighted by Gasteiger charge is -2.51. The Morgan fingerprint density at radius 3 is 2.21 bits per heavy atom. The summed E-state index contributed by atoms with van der Waals surface area (Å²) in [6.45, 7) is 20.6. The maximum atomic E-state index is 14.6. The summed E-state index contributed by atoms with van der Waals surface area (Å²) in [5.41, 5.74) is -0.437. The Morgan fingerprint density at radius 1 is 0.868 bits per heavy atom. The molecule has 18 atom stereocenters. The number of aryl methyl sites for hydroxylation is 2. The maximum absolute atomic E-state index is 14.6. The number of carbonyl (C=O) groups is 1. The molecule has 3 aliphatic heterocycles. The minimum atomic E-state index is -1.81. The number of unbranched alkanes of at least 4 members (excludes halogenated alkanes) is 1. The molecule has 3 aliphatic rings. The summed E-state index contributed by atoms with van der Waals surface area (Å²) in [5.74, 6) is -3.10. The second-order valence-electron chi connectivity index (χ2n) is 24.0. The highest BCUT2D eigenvalue weighted by Gasteiger charge is 2.55. The number of nitrogens with zero attached hydrogens (tertiary/aromatic N) is 9. The van der Waals surface area contributed by atoms with E-state index < -0.39 is 95.6 Å². The lowest BCUT2D eigenvalue weighted by molar-refractivity contribution is -0.302. The average molecular weight is 1070 g/mol. The summed E-state index contributed by atoms with van der Waals surface area (Å²) < 4.78 is 36.0. The van der Waals surface area contributed by atoms with Crippen molar-refractivity contribution in [3.8, 4) is 5.69 Å². The Labute approximate surface area is 452 Å². The quantitative estimate of drug-likeness (QED) is 0.0948. The molecule has 0 radical (unpaired) electrons. The second-order valence-corrected chi connectivity index (χ2v) is 24.0. The molecule has 0 spiro atoms. The molecule has 5 N–H and O–H groups in total. The van der Waals surface area contributed by atoms with E-state index in [-0.39, 0.29) is 37.3 Å². The van der Waals surface area contributed by atoms with Crippen molar-refractivity contribution in [2.45, 2.75) is 218 Å². The van der Waals surface area contributed by atoms with E-state index in [9.17, 15) is 30.3 Å². The van der Waals surface area contributed by atoms with Gasteiger partial charge in [-0.25, -0.2) is 4.68 Å². The minimum Gasteiger partial charge on any atom is -0.459 e. The minimum absolute atomic E-state index is 0.164. The Balaban J connectivity index is 1.16. The van der Waals surface area contributed by atoms with Crippen molar-refractivity contribution in [2.75, 3.05) is 48.4 Å². The van der Waals surface area contributed by atoms with Gasteiger partial charge in [-0.15, -0.1) is 10.2 Å². The average Bonchev–Trinajstić information content (AvgIpc) is 4.03. The summed E-state index contributed by atoms with van der Waals surface area (Å²) in [7, 11) is 9.39. The molecule has 3 fully saturated rings. The second kappa shape index (κ2) is 26.2. The van der Waals surface area contributed by atoms with E-state index in [4.69, 9.17) is 23.7 Å². The van der Waals surface area contributed by atoms with E-state index in [1.54, 1.807) is 39.5 Å². The molecule has 3 saturated heterocycles. The van der Waals surface area contributed by atoms with Crippen molar-refractivity contribution in [1.82, 2.24) is 44.7 Å². The molecule has 20 heteroatoms. The van der Waals surface area contributed by atoms with Crippen LogP contribution in [-0.4, -0.2) is 209 Å². The number of hydrogen-bond donors (Lipinski definition) is 5. The number of likely N-dealkylation sites (N-methyl/N-ethyl adjacent to an activating group) is 2. The van der Waals surface area contributed by atoms with Gasteiger partial charge in [0.25, 0.3) is 0 Å². The van der Waals surface area contributed by atoms with Crippen molar-refractivity contribution in [3.05, 3.63) is 53.6 Å². The monoisotopic (exact) mass is 1070 g/mol. The van der Waals surface area contributed by atoms with Crippen LogP contribution < -0.4 is 0 Å². The van der Waals surface area contributed by atoms with Crippen LogP contribution in [0.1, 0.15) is 125 Å². The topological polar surface area (TPSA) is 236 Å². The van der Waals surface area contributed by atoms with Gasteiger partial charge in [0.15, 0.2) is 6.29 Å². The molecule has 0 bridgehead atoms. The van der Waals surface area contributed by atoms with Gasteiger partial charge >= 0.3 is 5.97 Å². The summed E-state index contributed by atoms with van der Waals surface area (Å²) in [6, 6.07) is 7.50. The zero-order chi connectivity index (χ0) is 56.0. The number of benzene rings is 1. The number of esters is 1. The van der Waals surface area contributed by atoms with Crippen LogP contribution in [0.15, 0.2) is 36.7 Å². The highest BCUT2D eigenvalue weighted by molar-refractivity contribution is 5.73. The first-order valence-electron chi connectivity index (χ1n) is 27.8. The van der Waals surface area contributed by atoms with Gasteiger partial charge in [0, 0.05) is 70.3 Å². The molecule has 20 nitrogen and oxygen atoms in total. The number of aliphatic hydroxyl groups excluding tert-OH is 3. The highest BCUT2D eigenvalue weighted by Crippen LogP contribution is 2.45. The lowest BCUT2D eigenvalue weighted by atomic mass is 9.68. The number of methoxy groups -OCH3 is 1. The fourth-order valence-corrected chi connectivity index (χ4v) is 12.5. The van der Waals surface area contributed by atoms with Crippen LogP contribution in [0.3, 0.4) is 0 Å². The van der Waals surface area contributed by atoms with E-state index in [0.29, 0.717) is 25.9 Å². The number of aliphatic hydroxyl groups is 5. The first kappa shape index (κ1) is 61.7. The molecule has 0 saturated carbocycles. The predicted octanol–water partition coefficient (Wildman–Crippen LogP) is 4.04. The number of ether oxygens (including phenoxy) is 5. The van der Waals surface area contributed by atoms with Gasteiger partial charge < -0.3 is 63.9 Å². The van der Waals surface area contributed by atoms with Crippen molar-refractivity contribution in [2.24, 2.45) is 23.7 Å². The number of cyclic esters (lactones) is 1. The lowest BCUT2D eigenvalue weighted by Crippen LogP contribution is -2.62. The molecule has 2 aromatic heterocycles. The van der Waals surface area contributed by atoms with Crippen LogP contribution in [0.2, 0.25) is 0 Å². The Kier molecular flexibility index (Phi) is 21.3. The third kappa shape index (κ3) is 14.8. The first-order chi connectivity index (χ1) is 35.7. The molecule has 76 heavy (non-hydrogen) atoms. The van der Waals surface area contributed by atoms with Gasteiger partial charge in [-0.05, 0) is 138 Å². The molecule has 3 aromatic rings. The van der Waals surface area contributed by atoms with E-state index in [1.807, 2.05) is 84.8 Å². The van der Waals surface area contributed by atoms with Crippen LogP contribution in [0.25, 0.3) is 5.69 Å². The number of hydrogen-bond acceptors (Lipinski definition) is 18. The largest absolute Gasteiger partial charge is 0.459 e. The summed E-state index contributed by atoms with van der Waals surface area (Å²) in [5, 5.41) is 77.7. The molecule has 5 heterocycles. The number of rotatable bonds is 17. The van der Waals surface area contributed by atoms with Crippen LogP contribution >= 0.6 is 0 Å². The zero-order valence-electron chi connectivity index (χ0n) is 48.3. The van der Waals surface area contributed by atoms with Crippen molar-refractivity contribution < 1.29 is 54.0 Å². The molecule has 1 unspecified atom stereocenters. The Hall–Kier alpha value is -3.51. The highest BCUT2D eigenvalue weighted by atomic mass is 16.7. The predicted molar refractivity (Wildman–Crippen MR) is 287 cm³/mol. The van der Waals surface area contributed by atoms with Crippen LogP contribution in [0.5, 0.6) is 0 Å². The normalized spacial score (nSPS) is 37.8. The van der Waals surface area contributed by atoms with Gasteiger partial charge in [-0.1, -0.05) is 50.3 Å². The first-order valence-corrected chi connectivity index (χ1v) is 27.8. The molecule has 6 rings (SSSR count). The van der Waals surface area contributed by atoms with Crippen LogP contribution in [-0.2, 0) is 54.4 Å².